The van der Waals surface area contributed by atoms with Crippen LogP contribution >= 0.6 is 0 Å². The Morgan fingerprint density at radius 2 is 1.43 bits per heavy atom. The zero-order chi connectivity index (χ0) is 24.6. The number of piperazine rings is 1. The van der Waals surface area contributed by atoms with Crippen molar-refractivity contribution < 1.29 is 18.0 Å². The van der Waals surface area contributed by atoms with Crippen molar-refractivity contribution in [1.29, 1.82) is 0 Å². The largest absolute Gasteiger partial charge is 0.336 e. The number of amides is 1. The second-order valence-corrected chi connectivity index (χ2v) is 10.4. The van der Waals surface area contributed by atoms with Gasteiger partial charge < -0.3 is 4.90 Å². The number of carbonyl (C=O) groups excluding carboxylic acids is 2. The molecule has 0 atom stereocenters. The number of aromatic nitrogens is 2. The Morgan fingerprint density at radius 1 is 0.800 bits per heavy atom. The molecule has 1 aliphatic rings. The Morgan fingerprint density at radius 3 is 2.09 bits per heavy atom. The minimum Gasteiger partial charge on any atom is -0.336 e. The summed E-state index contributed by atoms with van der Waals surface area (Å²) in [5.41, 5.74) is 3.80. The van der Waals surface area contributed by atoms with Crippen LogP contribution in [-0.2, 0) is 10.0 Å². The van der Waals surface area contributed by atoms with E-state index in [2.05, 4.69) is 4.98 Å². The summed E-state index contributed by atoms with van der Waals surface area (Å²) >= 11 is 0. The van der Waals surface area contributed by atoms with Crippen LogP contribution in [0.25, 0.3) is 16.7 Å². The van der Waals surface area contributed by atoms with E-state index < -0.39 is 10.0 Å². The van der Waals surface area contributed by atoms with E-state index in [0.29, 0.717) is 24.2 Å². The minimum absolute atomic E-state index is 0.118. The lowest BCUT2D eigenvalue weighted by molar-refractivity contribution is 0.0698. The quantitative estimate of drug-likeness (QED) is 0.402. The summed E-state index contributed by atoms with van der Waals surface area (Å²) in [5, 5.41) is 0. The van der Waals surface area contributed by atoms with Gasteiger partial charge in [0.15, 0.2) is 5.78 Å². The fourth-order valence-corrected chi connectivity index (χ4v) is 5.68. The molecular formula is C26H24N4O4S. The summed E-state index contributed by atoms with van der Waals surface area (Å²) in [5.74, 6) is -0.248. The van der Waals surface area contributed by atoms with Gasteiger partial charge in [0.25, 0.3) is 5.91 Å². The molecule has 178 valence electrons. The number of benzene rings is 3. The van der Waals surface area contributed by atoms with Gasteiger partial charge in [-0.25, -0.2) is 13.4 Å². The molecule has 1 aromatic heterocycles. The van der Waals surface area contributed by atoms with Crippen molar-refractivity contribution in [1.82, 2.24) is 18.8 Å². The van der Waals surface area contributed by atoms with E-state index in [-0.39, 0.29) is 29.7 Å². The van der Waals surface area contributed by atoms with Crippen LogP contribution in [-0.4, -0.2) is 65.0 Å². The van der Waals surface area contributed by atoms with Crippen LogP contribution in [0.4, 0.5) is 0 Å². The van der Waals surface area contributed by atoms with E-state index in [1.807, 2.05) is 41.0 Å². The maximum atomic E-state index is 13.0. The van der Waals surface area contributed by atoms with Gasteiger partial charge in [-0.1, -0.05) is 24.3 Å². The third kappa shape index (κ3) is 4.36. The van der Waals surface area contributed by atoms with Crippen LogP contribution in [0.3, 0.4) is 0 Å². The molecule has 0 N–H and O–H groups in total. The third-order valence-corrected chi connectivity index (χ3v) is 8.18. The van der Waals surface area contributed by atoms with E-state index in [9.17, 15) is 18.0 Å². The molecule has 3 aromatic carbocycles. The summed E-state index contributed by atoms with van der Waals surface area (Å²) in [4.78, 5) is 30.7. The molecule has 35 heavy (non-hydrogen) atoms. The first-order valence-corrected chi connectivity index (χ1v) is 12.7. The molecule has 0 radical (unpaired) electrons. The predicted molar refractivity (Wildman–Crippen MR) is 132 cm³/mol. The lowest BCUT2D eigenvalue weighted by Gasteiger charge is -2.34. The van der Waals surface area contributed by atoms with Gasteiger partial charge in [-0.3, -0.25) is 14.2 Å². The lowest BCUT2D eigenvalue weighted by atomic mass is 10.1. The monoisotopic (exact) mass is 488 g/mol. The van der Waals surface area contributed by atoms with Crippen molar-refractivity contribution in [3.63, 3.8) is 0 Å². The number of fused-ring (bicyclic) bond motifs is 1. The lowest BCUT2D eigenvalue weighted by Crippen LogP contribution is -2.50. The fourth-order valence-electron chi connectivity index (χ4n) is 4.25. The number of imidazole rings is 1. The molecule has 0 aliphatic carbocycles. The second kappa shape index (κ2) is 9.09. The molecule has 1 saturated heterocycles. The minimum atomic E-state index is -3.69. The number of nitrogens with zero attached hydrogens (tertiary/aromatic N) is 4. The van der Waals surface area contributed by atoms with Crippen molar-refractivity contribution in [3.05, 3.63) is 90.3 Å². The average Bonchev–Trinajstić information content (AvgIpc) is 3.33. The number of rotatable bonds is 5. The highest BCUT2D eigenvalue weighted by molar-refractivity contribution is 7.89. The maximum absolute atomic E-state index is 13.0. The SMILES string of the molecule is CC(=O)c1ccc(S(=O)(=O)N2CCN(C(=O)c3ccc(-n4cnc5ccccc54)cc3)CC2)cc1. The number of sulfonamides is 1. The molecule has 0 saturated carbocycles. The Hall–Kier alpha value is -3.82. The summed E-state index contributed by atoms with van der Waals surface area (Å²) in [6, 6.07) is 21.1. The number of Topliss-reactive ketones (excluding diaryl/α,β-unsaturated/α-hetero) is 1. The van der Waals surface area contributed by atoms with E-state index >= 15 is 0 Å². The zero-order valence-electron chi connectivity index (χ0n) is 19.2. The summed E-state index contributed by atoms with van der Waals surface area (Å²) < 4.78 is 29.3. The molecule has 0 bridgehead atoms. The molecule has 1 fully saturated rings. The van der Waals surface area contributed by atoms with Gasteiger partial charge in [0.1, 0.15) is 6.33 Å². The van der Waals surface area contributed by atoms with Gasteiger partial charge >= 0.3 is 0 Å². The van der Waals surface area contributed by atoms with E-state index in [0.717, 1.165) is 16.7 Å². The first kappa shape index (κ1) is 22.9. The van der Waals surface area contributed by atoms with Gasteiger partial charge in [0, 0.05) is 43.0 Å². The number of para-hydroxylation sites is 2. The average molecular weight is 489 g/mol. The molecule has 4 aromatic rings. The number of hydrogen-bond acceptors (Lipinski definition) is 5. The number of ketones is 1. The molecule has 9 heteroatoms. The van der Waals surface area contributed by atoms with Gasteiger partial charge in [0.2, 0.25) is 10.0 Å². The molecule has 0 unspecified atom stereocenters. The summed E-state index contributed by atoms with van der Waals surface area (Å²) in [6.45, 7) is 2.46. The van der Waals surface area contributed by atoms with Crippen LogP contribution in [0.2, 0.25) is 0 Å². The summed E-state index contributed by atoms with van der Waals surface area (Å²) in [7, 11) is -3.69. The van der Waals surface area contributed by atoms with Crippen LogP contribution in [0, 0.1) is 0 Å². The molecule has 0 spiro atoms. The summed E-state index contributed by atoms with van der Waals surface area (Å²) in [6.07, 6.45) is 1.76. The molecule has 2 heterocycles. The Bertz CT molecular complexity index is 1500. The van der Waals surface area contributed by atoms with Crippen LogP contribution < -0.4 is 0 Å². The van der Waals surface area contributed by atoms with Crippen molar-refractivity contribution in [2.45, 2.75) is 11.8 Å². The smallest absolute Gasteiger partial charge is 0.253 e. The highest BCUT2D eigenvalue weighted by Crippen LogP contribution is 2.21. The number of carbonyl (C=O) groups is 2. The van der Waals surface area contributed by atoms with Gasteiger partial charge in [-0.05, 0) is 55.5 Å². The second-order valence-electron chi connectivity index (χ2n) is 8.43. The van der Waals surface area contributed by atoms with Gasteiger partial charge in [-0.2, -0.15) is 4.31 Å². The zero-order valence-corrected chi connectivity index (χ0v) is 20.0. The molecule has 1 aliphatic heterocycles. The van der Waals surface area contributed by atoms with Crippen molar-refractivity contribution >= 4 is 32.7 Å². The number of hydrogen-bond donors (Lipinski definition) is 0. The molecule has 8 nitrogen and oxygen atoms in total. The normalized spacial score (nSPS) is 14.8. The first-order valence-electron chi connectivity index (χ1n) is 11.3. The highest BCUT2D eigenvalue weighted by Gasteiger charge is 2.30. The maximum Gasteiger partial charge on any atom is 0.253 e. The standard InChI is InChI=1S/C26H24N4O4S/c1-19(31)20-8-12-23(13-9-20)35(33,34)29-16-14-28(15-17-29)26(32)21-6-10-22(11-7-21)30-18-27-24-4-2-3-5-25(24)30/h2-13,18H,14-17H2,1H3. The Kier molecular flexibility index (Phi) is 5.96. The van der Waals surface area contributed by atoms with Gasteiger partial charge in [0.05, 0.1) is 15.9 Å². The van der Waals surface area contributed by atoms with E-state index in [1.165, 1.54) is 35.5 Å². The van der Waals surface area contributed by atoms with Gasteiger partial charge in [-0.15, -0.1) is 0 Å². The van der Waals surface area contributed by atoms with Crippen molar-refractivity contribution in [2.75, 3.05) is 26.2 Å². The third-order valence-electron chi connectivity index (χ3n) is 6.27. The van der Waals surface area contributed by atoms with E-state index in [4.69, 9.17) is 0 Å². The van der Waals surface area contributed by atoms with Crippen molar-refractivity contribution in [2.24, 2.45) is 0 Å². The highest BCUT2D eigenvalue weighted by atomic mass is 32.2. The van der Waals surface area contributed by atoms with E-state index in [1.54, 1.807) is 23.4 Å². The Balaban J connectivity index is 1.25. The topological polar surface area (TPSA) is 92.6 Å². The molecule has 1 amide bonds. The van der Waals surface area contributed by atoms with Crippen molar-refractivity contribution in [3.8, 4) is 5.69 Å². The fraction of sp³-hybridized carbons (Fsp3) is 0.192. The Labute approximate surface area is 203 Å². The molecular weight excluding hydrogens is 464 g/mol. The molecule has 5 rings (SSSR count). The first-order chi connectivity index (χ1) is 16.8. The van der Waals surface area contributed by atoms with Crippen LogP contribution in [0.15, 0.2) is 84.0 Å². The van der Waals surface area contributed by atoms with Crippen LogP contribution in [0.1, 0.15) is 27.6 Å². The predicted octanol–water partition coefficient (Wildman–Crippen LogP) is 3.37. The van der Waals surface area contributed by atoms with Crippen LogP contribution in [0.5, 0.6) is 0 Å².